The van der Waals surface area contributed by atoms with Gasteiger partial charge in [-0.1, -0.05) is 0 Å². The van der Waals surface area contributed by atoms with Crippen LogP contribution < -0.4 is 5.14 Å². The summed E-state index contributed by atoms with van der Waals surface area (Å²) in [6, 6.07) is 0.847. The Bertz CT molecular complexity index is 120. The molecular formula is C6H15N2O2S-. The Morgan fingerprint density at radius 1 is 1.73 bits per heavy atom. The van der Waals surface area contributed by atoms with E-state index in [0.29, 0.717) is 0 Å². The molecule has 0 aromatic heterocycles. The molecule has 0 aliphatic carbocycles. The third-order valence-electron chi connectivity index (χ3n) is 1.89. The molecule has 1 aliphatic rings. The van der Waals surface area contributed by atoms with Crippen molar-refractivity contribution in [1.29, 1.82) is 0 Å². The summed E-state index contributed by atoms with van der Waals surface area (Å²) in [6.07, 6.45) is 2.80. The van der Waals surface area contributed by atoms with Crippen LogP contribution >= 0.6 is 0 Å². The Morgan fingerprint density at radius 3 is 2.27 bits per heavy atom. The van der Waals surface area contributed by atoms with Crippen LogP contribution in [0, 0.1) is 0 Å². The predicted molar refractivity (Wildman–Crippen MR) is 44.4 cm³/mol. The average Bonchev–Trinajstić information content (AvgIpc) is 2.15. The van der Waals surface area contributed by atoms with E-state index in [2.05, 4.69) is 24.0 Å². The zero-order valence-electron chi connectivity index (χ0n) is 6.95. The van der Waals surface area contributed by atoms with Crippen molar-refractivity contribution in [3.8, 4) is 0 Å². The molecule has 1 heterocycles. The van der Waals surface area contributed by atoms with E-state index in [0.717, 1.165) is 6.04 Å². The van der Waals surface area contributed by atoms with E-state index in [-0.39, 0.29) is 0 Å². The van der Waals surface area contributed by atoms with Crippen LogP contribution in [0.5, 0.6) is 0 Å². The van der Waals surface area contributed by atoms with Crippen LogP contribution in [0.4, 0.5) is 0 Å². The molecule has 0 amide bonds. The van der Waals surface area contributed by atoms with Gasteiger partial charge in [0.15, 0.2) is 0 Å². The summed E-state index contributed by atoms with van der Waals surface area (Å²) in [6.45, 7) is 3.59. The van der Waals surface area contributed by atoms with E-state index in [4.69, 9.17) is 8.76 Å². The van der Waals surface area contributed by atoms with Gasteiger partial charge in [0.2, 0.25) is 0 Å². The van der Waals surface area contributed by atoms with Crippen molar-refractivity contribution in [3.05, 3.63) is 0 Å². The largest absolute Gasteiger partial charge is 0.760 e. The fourth-order valence-electron chi connectivity index (χ4n) is 1.08. The number of nitrogens with two attached hydrogens (primary N) is 1. The van der Waals surface area contributed by atoms with E-state index in [1.807, 2.05) is 0 Å². The summed E-state index contributed by atoms with van der Waals surface area (Å²) >= 11 is -2.36. The molecular weight excluding hydrogens is 164 g/mol. The van der Waals surface area contributed by atoms with Gasteiger partial charge in [0.1, 0.15) is 0 Å². The van der Waals surface area contributed by atoms with Gasteiger partial charge in [0.25, 0.3) is 0 Å². The highest BCUT2D eigenvalue weighted by atomic mass is 32.2. The van der Waals surface area contributed by atoms with Crippen LogP contribution in [0.1, 0.15) is 19.8 Å². The second kappa shape index (κ2) is 5.65. The number of hydrogen-bond donors (Lipinski definition) is 1. The fraction of sp³-hybridized carbons (Fsp3) is 1.00. The van der Waals surface area contributed by atoms with Crippen LogP contribution in [-0.2, 0) is 11.3 Å². The molecule has 5 heteroatoms. The topological polar surface area (TPSA) is 69.4 Å². The monoisotopic (exact) mass is 179 g/mol. The van der Waals surface area contributed by atoms with E-state index in [1.54, 1.807) is 0 Å². The lowest BCUT2D eigenvalue weighted by molar-refractivity contribution is 0.331. The minimum atomic E-state index is -2.36. The first-order valence-electron chi connectivity index (χ1n) is 3.58. The SMILES string of the molecule is CC1CCCN1C.NS(=O)[O-]. The Labute approximate surface area is 70.2 Å². The van der Waals surface area contributed by atoms with Gasteiger partial charge in [0, 0.05) is 17.3 Å². The molecule has 0 aromatic rings. The van der Waals surface area contributed by atoms with Gasteiger partial charge in [-0.3, -0.25) is 9.35 Å². The van der Waals surface area contributed by atoms with E-state index < -0.39 is 11.3 Å². The van der Waals surface area contributed by atoms with Gasteiger partial charge in [-0.25, -0.2) is 0 Å². The minimum Gasteiger partial charge on any atom is -0.760 e. The highest BCUT2D eigenvalue weighted by Gasteiger charge is 2.14. The first-order chi connectivity index (χ1) is 5.04. The van der Waals surface area contributed by atoms with Crippen LogP contribution in [0.15, 0.2) is 0 Å². The summed E-state index contributed by atoms with van der Waals surface area (Å²) in [7, 11) is 2.19. The smallest absolute Gasteiger partial charge is 0.0152 e. The van der Waals surface area contributed by atoms with E-state index in [1.165, 1.54) is 19.4 Å². The quantitative estimate of drug-likeness (QED) is 0.525. The van der Waals surface area contributed by atoms with Crippen LogP contribution in [0.3, 0.4) is 0 Å². The Hall–Kier alpha value is 0.0300. The molecule has 0 saturated carbocycles. The Morgan fingerprint density at radius 2 is 2.18 bits per heavy atom. The maximum atomic E-state index is 8.78. The van der Waals surface area contributed by atoms with Crippen molar-refractivity contribution in [2.45, 2.75) is 25.8 Å². The first-order valence-corrected chi connectivity index (χ1v) is 4.71. The van der Waals surface area contributed by atoms with Gasteiger partial charge in [-0.05, 0) is 33.4 Å². The number of hydrogen-bond acceptors (Lipinski definition) is 3. The molecule has 0 radical (unpaired) electrons. The van der Waals surface area contributed by atoms with Gasteiger partial charge in [-0.2, -0.15) is 0 Å². The highest BCUT2D eigenvalue weighted by Crippen LogP contribution is 2.12. The zero-order chi connectivity index (χ0) is 8.85. The molecule has 0 aromatic carbocycles. The fourth-order valence-corrected chi connectivity index (χ4v) is 1.08. The van der Waals surface area contributed by atoms with E-state index >= 15 is 0 Å². The van der Waals surface area contributed by atoms with Crippen molar-refractivity contribution in [1.82, 2.24) is 4.90 Å². The molecule has 2 unspecified atom stereocenters. The molecule has 0 bridgehead atoms. The lowest BCUT2D eigenvalue weighted by atomic mass is 10.3. The van der Waals surface area contributed by atoms with Crippen LogP contribution in [0.2, 0.25) is 0 Å². The third-order valence-corrected chi connectivity index (χ3v) is 1.89. The summed E-state index contributed by atoms with van der Waals surface area (Å²) in [5.74, 6) is 0. The van der Waals surface area contributed by atoms with Crippen molar-refractivity contribution in [3.63, 3.8) is 0 Å². The Kier molecular flexibility index (Phi) is 5.67. The van der Waals surface area contributed by atoms with E-state index in [9.17, 15) is 0 Å². The molecule has 2 N–H and O–H groups in total. The molecule has 68 valence electrons. The minimum absolute atomic E-state index is 0.847. The average molecular weight is 179 g/mol. The molecule has 1 saturated heterocycles. The first kappa shape index (κ1) is 11.0. The zero-order valence-corrected chi connectivity index (χ0v) is 7.76. The molecule has 4 nitrogen and oxygen atoms in total. The van der Waals surface area contributed by atoms with Crippen molar-refractivity contribution < 1.29 is 8.76 Å². The third kappa shape index (κ3) is 6.43. The number of likely N-dealkylation sites (tertiary alicyclic amines) is 1. The van der Waals surface area contributed by atoms with Crippen molar-refractivity contribution in [2.24, 2.45) is 5.14 Å². The second-order valence-corrected chi connectivity index (χ2v) is 3.25. The molecule has 2 atom stereocenters. The maximum Gasteiger partial charge on any atom is 0.0152 e. The standard InChI is InChI=1S/C6H13N.H3NO2S/c1-6-4-3-5-7(6)2;1-4(2)3/h6H,3-5H2,1-2H3;1H2,(H,2,3)/p-1. The summed E-state index contributed by atoms with van der Waals surface area (Å²) in [5.41, 5.74) is 0. The predicted octanol–water partition coefficient (Wildman–Crippen LogP) is -0.160. The summed E-state index contributed by atoms with van der Waals surface area (Å²) in [4.78, 5) is 2.40. The molecule has 1 rings (SSSR count). The number of rotatable bonds is 0. The molecule has 1 aliphatic heterocycles. The Balaban J connectivity index is 0.000000218. The van der Waals surface area contributed by atoms with Gasteiger partial charge >= 0.3 is 0 Å². The lowest BCUT2D eigenvalue weighted by Gasteiger charge is -2.12. The van der Waals surface area contributed by atoms with Crippen LogP contribution in [0.25, 0.3) is 0 Å². The summed E-state index contributed by atoms with van der Waals surface area (Å²) < 4.78 is 17.6. The lowest BCUT2D eigenvalue weighted by Crippen LogP contribution is -2.20. The molecule has 1 fully saturated rings. The van der Waals surface area contributed by atoms with Crippen molar-refractivity contribution >= 4 is 11.3 Å². The molecule has 0 spiro atoms. The van der Waals surface area contributed by atoms with Gasteiger partial charge in [-0.15, -0.1) is 0 Å². The molecule has 11 heavy (non-hydrogen) atoms. The summed E-state index contributed by atoms with van der Waals surface area (Å²) in [5, 5.41) is 4.03. The maximum absolute atomic E-state index is 8.78. The van der Waals surface area contributed by atoms with Crippen LogP contribution in [-0.4, -0.2) is 33.3 Å². The second-order valence-electron chi connectivity index (χ2n) is 2.73. The van der Waals surface area contributed by atoms with Crippen molar-refractivity contribution in [2.75, 3.05) is 13.6 Å². The van der Waals surface area contributed by atoms with Gasteiger partial charge in [0.05, 0.1) is 0 Å². The number of nitrogens with zero attached hydrogens (tertiary/aromatic N) is 1. The normalized spacial score (nSPS) is 27.5. The highest BCUT2D eigenvalue weighted by molar-refractivity contribution is 7.76. The van der Waals surface area contributed by atoms with Gasteiger partial charge < -0.3 is 9.45 Å².